The van der Waals surface area contributed by atoms with Gasteiger partial charge in [-0.05, 0) is 34.2 Å². The lowest BCUT2D eigenvalue weighted by Gasteiger charge is -2.05. The zero-order valence-corrected chi connectivity index (χ0v) is 10.5. The fourth-order valence-corrected chi connectivity index (χ4v) is 1.80. The molecule has 0 radical (unpaired) electrons. The number of esters is 1. The van der Waals surface area contributed by atoms with Gasteiger partial charge in [-0.15, -0.1) is 0 Å². The molecule has 1 rings (SSSR count). The minimum Gasteiger partial charge on any atom is -0.468 e. The van der Waals surface area contributed by atoms with E-state index in [2.05, 4.69) is 27.3 Å². The Balaban J connectivity index is 2.80. The van der Waals surface area contributed by atoms with Gasteiger partial charge in [0.2, 0.25) is 0 Å². The molecule has 1 aromatic rings. The van der Waals surface area contributed by atoms with Crippen molar-refractivity contribution in [2.75, 3.05) is 7.11 Å². The molecule has 0 aliphatic carbocycles. The molecular formula is C11H12INO2. The number of nitrogens with two attached hydrogens (primary N) is 1. The van der Waals surface area contributed by atoms with Gasteiger partial charge in [0, 0.05) is 3.58 Å². The molecule has 0 fully saturated rings. The summed E-state index contributed by atoms with van der Waals surface area (Å²) < 4.78 is 5.47. The number of halogens is 1. The molecule has 1 atom stereocenters. The molecule has 15 heavy (non-hydrogen) atoms. The summed E-state index contributed by atoms with van der Waals surface area (Å²) in [5.41, 5.74) is 6.65. The Morgan fingerprint density at radius 1 is 1.47 bits per heavy atom. The summed E-state index contributed by atoms with van der Waals surface area (Å²) in [6.07, 6.45) is 1.68. The van der Waals surface area contributed by atoms with Gasteiger partial charge in [-0.1, -0.05) is 30.3 Å². The van der Waals surface area contributed by atoms with Crippen LogP contribution in [-0.2, 0) is 9.53 Å². The molecular weight excluding hydrogens is 305 g/mol. The SMILES string of the molecule is COC(=O)C(N)/C=C(\I)c1ccccc1. The molecule has 0 saturated carbocycles. The highest BCUT2D eigenvalue weighted by Crippen LogP contribution is 2.21. The molecule has 1 unspecified atom stereocenters. The Morgan fingerprint density at radius 3 is 2.60 bits per heavy atom. The molecule has 0 heterocycles. The van der Waals surface area contributed by atoms with E-state index in [0.717, 1.165) is 9.14 Å². The zero-order chi connectivity index (χ0) is 11.3. The van der Waals surface area contributed by atoms with Gasteiger partial charge >= 0.3 is 5.97 Å². The van der Waals surface area contributed by atoms with Crippen molar-refractivity contribution in [2.24, 2.45) is 5.73 Å². The van der Waals surface area contributed by atoms with Crippen molar-refractivity contribution < 1.29 is 9.53 Å². The van der Waals surface area contributed by atoms with Gasteiger partial charge in [0.15, 0.2) is 0 Å². The van der Waals surface area contributed by atoms with Crippen LogP contribution >= 0.6 is 22.6 Å². The molecule has 0 saturated heterocycles. The molecule has 0 spiro atoms. The predicted molar refractivity (Wildman–Crippen MR) is 68.4 cm³/mol. The van der Waals surface area contributed by atoms with E-state index in [1.54, 1.807) is 6.08 Å². The number of ether oxygens (including phenoxy) is 1. The summed E-state index contributed by atoms with van der Waals surface area (Å²) in [7, 11) is 1.32. The lowest BCUT2D eigenvalue weighted by atomic mass is 10.2. The lowest BCUT2D eigenvalue weighted by Crippen LogP contribution is -2.29. The molecule has 1 aromatic carbocycles. The van der Waals surface area contributed by atoms with Crippen LogP contribution in [0.2, 0.25) is 0 Å². The van der Waals surface area contributed by atoms with Crippen molar-refractivity contribution >= 4 is 32.1 Å². The number of carbonyl (C=O) groups is 1. The first kappa shape index (κ1) is 12.2. The second-order valence-corrected chi connectivity index (χ2v) is 4.09. The Bertz CT molecular complexity index is 362. The van der Waals surface area contributed by atoms with E-state index in [0.29, 0.717) is 0 Å². The van der Waals surface area contributed by atoms with Gasteiger partial charge in [0.05, 0.1) is 7.11 Å². The van der Waals surface area contributed by atoms with Crippen LogP contribution in [0.15, 0.2) is 36.4 Å². The summed E-state index contributed by atoms with van der Waals surface area (Å²) in [5.74, 6) is -0.430. The normalized spacial score (nSPS) is 13.4. The van der Waals surface area contributed by atoms with Gasteiger partial charge in [0.25, 0.3) is 0 Å². The first-order valence-corrected chi connectivity index (χ1v) is 5.49. The summed E-state index contributed by atoms with van der Waals surface area (Å²) >= 11 is 2.15. The Morgan fingerprint density at radius 2 is 2.07 bits per heavy atom. The van der Waals surface area contributed by atoms with Crippen molar-refractivity contribution in [3.8, 4) is 0 Å². The standard InChI is InChI=1S/C11H12INO2/c1-15-11(14)10(13)7-9(12)8-5-3-2-4-6-8/h2-7,10H,13H2,1H3/b9-7-. The van der Waals surface area contributed by atoms with E-state index in [1.807, 2.05) is 30.3 Å². The smallest absolute Gasteiger partial charge is 0.326 e. The number of methoxy groups -OCH3 is 1. The van der Waals surface area contributed by atoms with Gasteiger partial charge in [-0.2, -0.15) is 0 Å². The van der Waals surface area contributed by atoms with Crippen molar-refractivity contribution in [1.82, 2.24) is 0 Å². The molecule has 0 aromatic heterocycles. The van der Waals surface area contributed by atoms with Crippen molar-refractivity contribution in [3.63, 3.8) is 0 Å². The topological polar surface area (TPSA) is 52.3 Å². The minimum atomic E-state index is -0.706. The second kappa shape index (κ2) is 5.87. The van der Waals surface area contributed by atoms with Gasteiger partial charge in [0.1, 0.15) is 6.04 Å². The quantitative estimate of drug-likeness (QED) is 0.685. The molecule has 4 heteroatoms. The molecule has 0 aliphatic rings. The summed E-state index contributed by atoms with van der Waals surface area (Å²) in [4.78, 5) is 11.1. The van der Waals surface area contributed by atoms with Crippen molar-refractivity contribution in [2.45, 2.75) is 6.04 Å². The summed E-state index contributed by atoms with van der Waals surface area (Å²) in [6.45, 7) is 0. The third kappa shape index (κ3) is 3.64. The Hall–Kier alpha value is -0.880. The van der Waals surface area contributed by atoms with Crippen LogP contribution in [0, 0.1) is 0 Å². The Kier molecular flexibility index (Phi) is 4.77. The molecule has 0 aliphatic heterocycles. The molecule has 0 amide bonds. The first-order valence-electron chi connectivity index (χ1n) is 4.41. The van der Waals surface area contributed by atoms with E-state index in [1.165, 1.54) is 7.11 Å². The van der Waals surface area contributed by atoms with Crippen LogP contribution in [0.4, 0.5) is 0 Å². The van der Waals surface area contributed by atoms with Crippen LogP contribution in [0.3, 0.4) is 0 Å². The fourth-order valence-electron chi connectivity index (χ4n) is 1.06. The third-order valence-electron chi connectivity index (χ3n) is 1.85. The fraction of sp³-hybridized carbons (Fsp3) is 0.182. The van der Waals surface area contributed by atoms with Crippen LogP contribution < -0.4 is 5.73 Å². The van der Waals surface area contributed by atoms with Crippen LogP contribution in [-0.4, -0.2) is 19.1 Å². The van der Waals surface area contributed by atoms with Crippen LogP contribution in [0.1, 0.15) is 5.56 Å². The number of hydrogen-bond donors (Lipinski definition) is 1. The summed E-state index contributed by atoms with van der Waals surface area (Å²) in [6, 6.07) is 9.02. The number of rotatable bonds is 3. The number of hydrogen-bond acceptors (Lipinski definition) is 3. The maximum absolute atomic E-state index is 11.1. The van der Waals surface area contributed by atoms with Crippen LogP contribution in [0.5, 0.6) is 0 Å². The maximum Gasteiger partial charge on any atom is 0.326 e. The van der Waals surface area contributed by atoms with Crippen LogP contribution in [0.25, 0.3) is 3.58 Å². The van der Waals surface area contributed by atoms with Gasteiger partial charge < -0.3 is 10.5 Å². The van der Waals surface area contributed by atoms with Gasteiger partial charge in [-0.3, -0.25) is 4.79 Å². The molecule has 3 nitrogen and oxygen atoms in total. The highest BCUT2D eigenvalue weighted by molar-refractivity contribution is 14.1. The predicted octanol–water partition coefficient (Wildman–Crippen LogP) is 1.96. The second-order valence-electron chi connectivity index (χ2n) is 2.93. The first-order chi connectivity index (χ1) is 7.15. The van der Waals surface area contributed by atoms with E-state index in [-0.39, 0.29) is 0 Å². The number of carbonyl (C=O) groups excluding carboxylic acids is 1. The van der Waals surface area contributed by atoms with E-state index in [4.69, 9.17) is 5.73 Å². The minimum absolute atomic E-state index is 0.430. The Labute approximate surface area is 102 Å². The lowest BCUT2D eigenvalue weighted by molar-refractivity contribution is -0.140. The third-order valence-corrected chi connectivity index (χ3v) is 2.83. The highest BCUT2D eigenvalue weighted by Gasteiger charge is 2.11. The maximum atomic E-state index is 11.1. The van der Waals surface area contributed by atoms with E-state index < -0.39 is 12.0 Å². The monoisotopic (exact) mass is 317 g/mol. The largest absolute Gasteiger partial charge is 0.468 e. The zero-order valence-electron chi connectivity index (χ0n) is 8.31. The average Bonchev–Trinajstić information content (AvgIpc) is 2.29. The van der Waals surface area contributed by atoms with Crippen molar-refractivity contribution in [3.05, 3.63) is 42.0 Å². The molecule has 2 N–H and O–H groups in total. The van der Waals surface area contributed by atoms with Gasteiger partial charge in [-0.25, -0.2) is 0 Å². The van der Waals surface area contributed by atoms with Crippen molar-refractivity contribution in [1.29, 1.82) is 0 Å². The van der Waals surface area contributed by atoms with E-state index >= 15 is 0 Å². The number of benzene rings is 1. The molecule has 0 bridgehead atoms. The highest BCUT2D eigenvalue weighted by atomic mass is 127. The average molecular weight is 317 g/mol. The van der Waals surface area contributed by atoms with E-state index in [9.17, 15) is 4.79 Å². The molecule has 80 valence electrons. The summed E-state index contributed by atoms with van der Waals surface area (Å²) in [5, 5.41) is 0.